The first-order chi connectivity index (χ1) is 17.3. The lowest BCUT2D eigenvalue weighted by Gasteiger charge is -2.27. The van der Waals surface area contributed by atoms with Gasteiger partial charge in [-0.3, -0.25) is 10.2 Å². The van der Waals surface area contributed by atoms with E-state index in [-0.39, 0.29) is 41.5 Å². The fourth-order valence-corrected chi connectivity index (χ4v) is 5.01. The summed E-state index contributed by atoms with van der Waals surface area (Å²) < 4.78 is 27.0. The molecule has 0 bridgehead atoms. The van der Waals surface area contributed by atoms with E-state index < -0.39 is 16.8 Å². The third-order valence-corrected chi connectivity index (χ3v) is 7.45. The first-order valence-corrected chi connectivity index (χ1v) is 12.9. The number of fused-ring (bicyclic) bond motifs is 2. The normalized spacial score (nSPS) is 16.0. The second-order valence-electron chi connectivity index (χ2n) is 11.5. The quantitative estimate of drug-likeness (QED) is 0.430. The van der Waals surface area contributed by atoms with Gasteiger partial charge in [0.2, 0.25) is 0 Å². The smallest absolute Gasteiger partial charge is 0.197 e. The standard InChI is InChI=1S/C30H36FN3O3/c1-8-36-23-15-21-24(25(31)26(23)37-9-2)27(33)34(30(21)10-11-30)16-22(35)18-12-19(28(3,4)5)14-20(13-18)29(6,7)17-32/h12-15,33H,8-11,16H2,1-7H3. The molecule has 0 amide bonds. The lowest BCUT2D eigenvalue weighted by molar-refractivity contribution is 0.0943. The molecule has 37 heavy (non-hydrogen) atoms. The first-order valence-electron chi connectivity index (χ1n) is 12.9. The number of carbonyl (C=O) groups is 1. The van der Waals surface area contributed by atoms with Crippen LogP contribution in [0, 0.1) is 22.6 Å². The maximum absolute atomic E-state index is 15.7. The maximum Gasteiger partial charge on any atom is 0.197 e. The molecule has 0 unspecified atom stereocenters. The molecule has 1 saturated carbocycles. The van der Waals surface area contributed by atoms with E-state index >= 15 is 4.39 Å². The number of carbonyl (C=O) groups excluding carboxylic acids is 1. The second kappa shape index (κ2) is 9.16. The van der Waals surface area contributed by atoms with Crippen LogP contribution < -0.4 is 9.47 Å². The van der Waals surface area contributed by atoms with E-state index in [9.17, 15) is 10.1 Å². The molecule has 1 heterocycles. The van der Waals surface area contributed by atoms with Crippen molar-refractivity contribution in [1.82, 2.24) is 4.90 Å². The number of nitriles is 1. The van der Waals surface area contributed by atoms with E-state index in [0.717, 1.165) is 24.0 Å². The van der Waals surface area contributed by atoms with Gasteiger partial charge in [-0.05, 0) is 80.8 Å². The molecule has 4 rings (SSSR count). The molecule has 0 atom stereocenters. The SMILES string of the molecule is CCOc1cc2c(c(F)c1OCC)C(=N)N(CC(=O)c1cc(C(C)(C)C)cc(C(C)(C)C#N)c1)C21CC1. The van der Waals surface area contributed by atoms with Gasteiger partial charge in [0.05, 0.1) is 42.3 Å². The predicted octanol–water partition coefficient (Wildman–Crippen LogP) is 6.23. The zero-order valence-corrected chi connectivity index (χ0v) is 22.8. The Morgan fingerprint density at radius 2 is 1.70 bits per heavy atom. The monoisotopic (exact) mass is 505 g/mol. The Balaban J connectivity index is 1.74. The van der Waals surface area contributed by atoms with Crippen molar-refractivity contribution in [3.8, 4) is 17.6 Å². The molecule has 1 spiro atoms. The van der Waals surface area contributed by atoms with Crippen LogP contribution in [-0.4, -0.2) is 36.3 Å². The third kappa shape index (κ3) is 4.47. The second-order valence-corrected chi connectivity index (χ2v) is 11.5. The van der Waals surface area contributed by atoms with Crippen molar-refractivity contribution in [2.75, 3.05) is 19.8 Å². The first kappa shape index (κ1) is 26.7. The van der Waals surface area contributed by atoms with Gasteiger partial charge in [0.25, 0.3) is 0 Å². The molecule has 1 N–H and O–H groups in total. The third-order valence-electron chi connectivity index (χ3n) is 7.45. The molecule has 1 aliphatic heterocycles. The number of halogens is 1. The molecule has 0 saturated heterocycles. The molecule has 6 nitrogen and oxygen atoms in total. The highest BCUT2D eigenvalue weighted by Crippen LogP contribution is 2.58. The Bertz CT molecular complexity index is 1310. The van der Waals surface area contributed by atoms with Gasteiger partial charge >= 0.3 is 0 Å². The molecule has 0 aromatic heterocycles. The number of nitrogens with zero attached hydrogens (tertiary/aromatic N) is 2. The molecule has 7 heteroatoms. The van der Waals surface area contributed by atoms with Gasteiger partial charge < -0.3 is 14.4 Å². The fraction of sp³-hybridized carbons (Fsp3) is 0.500. The van der Waals surface area contributed by atoms with Crippen molar-refractivity contribution >= 4 is 11.6 Å². The molecular weight excluding hydrogens is 469 g/mol. The van der Waals surface area contributed by atoms with Crippen LogP contribution in [0.25, 0.3) is 0 Å². The Hall–Kier alpha value is -3.40. The Labute approximate surface area is 218 Å². The van der Waals surface area contributed by atoms with Gasteiger partial charge in [-0.25, -0.2) is 4.39 Å². The van der Waals surface area contributed by atoms with E-state index in [1.807, 2.05) is 32.9 Å². The minimum absolute atomic E-state index is 0.00749. The molecule has 1 aliphatic carbocycles. The number of amidine groups is 1. The minimum atomic E-state index is -0.765. The van der Waals surface area contributed by atoms with Crippen LogP contribution in [0.3, 0.4) is 0 Å². The highest BCUT2D eigenvalue weighted by atomic mass is 19.1. The van der Waals surface area contributed by atoms with Crippen LogP contribution in [0.2, 0.25) is 0 Å². The fourth-order valence-electron chi connectivity index (χ4n) is 5.01. The zero-order chi connectivity index (χ0) is 27.3. The highest BCUT2D eigenvalue weighted by Gasteiger charge is 2.58. The Morgan fingerprint density at radius 3 is 2.24 bits per heavy atom. The maximum atomic E-state index is 15.7. The van der Waals surface area contributed by atoms with Gasteiger partial charge in [0, 0.05) is 5.56 Å². The summed E-state index contributed by atoms with van der Waals surface area (Å²) in [4.78, 5) is 15.4. The van der Waals surface area contributed by atoms with Crippen molar-refractivity contribution < 1.29 is 18.7 Å². The van der Waals surface area contributed by atoms with Gasteiger partial charge in [0.15, 0.2) is 23.1 Å². The number of hydrogen-bond acceptors (Lipinski definition) is 5. The number of hydrogen-bond donors (Lipinski definition) is 1. The molecule has 1 fully saturated rings. The summed E-state index contributed by atoms with van der Waals surface area (Å²) in [6.07, 6.45) is 1.45. The van der Waals surface area contributed by atoms with E-state index in [1.54, 1.807) is 24.0 Å². The number of benzene rings is 2. The molecule has 2 aromatic carbocycles. The van der Waals surface area contributed by atoms with Crippen LogP contribution in [-0.2, 0) is 16.4 Å². The Morgan fingerprint density at radius 1 is 1.08 bits per heavy atom. The molecule has 2 aromatic rings. The van der Waals surface area contributed by atoms with Crippen molar-refractivity contribution in [3.63, 3.8) is 0 Å². The number of Topliss-reactive ketones (excluding diaryl/α,β-unsaturated/α-hetero) is 1. The van der Waals surface area contributed by atoms with Gasteiger partial charge in [0.1, 0.15) is 5.84 Å². The molecule has 2 aliphatic rings. The summed E-state index contributed by atoms with van der Waals surface area (Å²) in [6, 6.07) is 9.78. The summed E-state index contributed by atoms with van der Waals surface area (Å²) in [5.74, 6) is -0.443. The summed E-state index contributed by atoms with van der Waals surface area (Å²) in [7, 11) is 0. The summed E-state index contributed by atoms with van der Waals surface area (Å²) in [5.41, 5.74) is 1.54. The predicted molar refractivity (Wildman–Crippen MR) is 141 cm³/mol. The lowest BCUT2D eigenvalue weighted by atomic mass is 9.79. The average Bonchev–Trinajstić information content (AvgIpc) is 3.61. The summed E-state index contributed by atoms with van der Waals surface area (Å²) in [5, 5.41) is 18.6. The van der Waals surface area contributed by atoms with Gasteiger partial charge in [-0.1, -0.05) is 26.8 Å². The largest absolute Gasteiger partial charge is 0.490 e. The van der Waals surface area contributed by atoms with Crippen LogP contribution in [0.15, 0.2) is 24.3 Å². The van der Waals surface area contributed by atoms with Crippen LogP contribution in [0.1, 0.15) is 93.9 Å². The van der Waals surface area contributed by atoms with E-state index in [4.69, 9.17) is 14.9 Å². The number of ether oxygens (including phenoxy) is 2. The number of ketones is 1. The van der Waals surface area contributed by atoms with Crippen LogP contribution in [0.5, 0.6) is 11.5 Å². The minimum Gasteiger partial charge on any atom is -0.490 e. The topological polar surface area (TPSA) is 86.4 Å². The molecular formula is C30H36FN3O3. The summed E-state index contributed by atoms with van der Waals surface area (Å²) in [6.45, 7) is 14.1. The van der Waals surface area contributed by atoms with Crippen LogP contribution in [0.4, 0.5) is 4.39 Å². The number of rotatable bonds is 8. The lowest BCUT2D eigenvalue weighted by Crippen LogP contribution is -2.38. The molecule has 196 valence electrons. The van der Waals surface area contributed by atoms with Crippen LogP contribution >= 0.6 is 0 Å². The van der Waals surface area contributed by atoms with Crippen molar-refractivity contribution in [1.29, 1.82) is 10.7 Å². The Kier molecular flexibility index (Phi) is 6.60. The van der Waals surface area contributed by atoms with E-state index in [0.29, 0.717) is 23.5 Å². The van der Waals surface area contributed by atoms with E-state index in [1.165, 1.54) is 0 Å². The van der Waals surface area contributed by atoms with Crippen molar-refractivity contribution in [3.05, 3.63) is 57.9 Å². The van der Waals surface area contributed by atoms with Gasteiger partial charge in [-0.2, -0.15) is 5.26 Å². The number of nitrogens with one attached hydrogen (secondary N) is 1. The molecule has 0 radical (unpaired) electrons. The highest BCUT2D eigenvalue weighted by molar-refractivity contribution is 6.07. The zero-order valence-electron chi connectivity index (χ0n) is 22.8. The average molecular weight is 506 g/mol. The summed E-state index contributed by atoms with van der Waals surface area (Å²) >= 11 is 0. The van der Waals surface area contributed by atoms with E-state index in [2.05, 4.69) is 26.8 Å². The van der Waals surface area contributed by atoms with Crippen molar-refractivity contribution in [2.24, 2.45) is 0 Å². The van der Waals surface area contributed by atoms with Gasteiger partial charge in [-0.15, -0.1) is 0 Å². The van der Waals surface area contributed by atoms with Crippen molar-refractivity contribution in [2.45, 2.75) is 77.7 Å².